The topological polar surface area (TPSA) is 113 Å². The maximum absolute atomic E-state index is 17.0. The Morgan fingerprint density at radius 2 is 2.04 bits per heavy atom. The monoisotopic (exact) mass is 653 g/mol. The predicted molar refractivity (Wildman–Crippen MR) is 171 cm³/mol. The number of alkyl halides is 1. The molecular formula is C33H38ClF2N7O3. The zero-order valence-corrected chi connectivity index (χ0v) is 26.4. The summed E-state index contributed by atoms with van der Waals surface area (Å²) < 4.78 is 43.8. The number of anilines is 1. The van der Waals surface area contributed by atoms with Crippen molar-refractivity contribution in [2.75, 3.05) is 50.9 Å². The van der Waals surface area contributed by atoms with Crippen LogP contribution in [0, 0.1) is 11.7 Å². The van der Waals surface area contributed by atoms with Gasteiger partial charge < -0.3 is 19.5 Å². The first-order chi connectivity index (χ1) is 22.4. The molecule has 3 aromatic heterocycles. The summed E-state index contributed by atoms with van der Waals surface area (Å²) in [4.78, 5) is 18.4. The van der Waals surface area contributed by atoms with Crippen molar-refractivity contribution < 1.29 is 23.4 Å². The highest BCUT2D eigenvalue weighted by molar-refractivity contribution is 6.33. The lowest BCUT2D eigenvalue weighted by Gasteiger charge is -2.31. The van der Waals surface area contributed by atoms with Gasteiger partial charge in [-0.25, -0.2) is 8.78 Å². The molecule has 5 aliphatic heterocycles. The van der Waals surface area contributed by atoms with E-state index in [0.29, 0.717) is 79.4 Å². The molecule has 3 saturated heterocycles. The fourth-order valence-corrected chi connectivity index (χ4v) is 8.39. The quantitative estimate of drug-likeness (QED) is 0.306. The Balaban J connectivity index is 1.30. The van der Waals surface area contributed by atoms with E-state index >= 15 is 4.39 Å². The number of aromatic nitrogens is 5. The Morgan fingerprint density at radius 1 is 1.13 bits per heavy atom. The molecule has 8 heterocycles. The third-order valence-electron chi connectivity index (χ3n) is 10.5. The highest BCUT2D eigenvalue weighted by Crippen LogP contribution is 2.42. The van der Waals surface area contributed by atoms with Crippen LogP contribution in [0.25, 0.3) is 33.1 Å². The Labute approximate surface area is 270 Å². The Bertz CT molecular complexity index is 1770. The number of halogens is 3. The van der Waals surface area contributed by atoms with Crippen LogP contribution >= 0.6 is 11.6 Å². The van der Waals surface area contributed by atoms with Gasteiger partial charge in [0.2, 0.25) is 0 Å². The Hall–Kier alpha value is -3.19. The molecular weight excluding hydrogens is 616 g/mol. The fourth-order valence-electron chi connectivity index (χ4n) is 8.09. The maximum atomic E-state index is 17.0. The molecule has 0 spiro atoms. The largest absolute Gasteiger partial charge is 0.461 e. The molecule has 3 fully saturated rings. The number of hydrogen-bond acceptors (Lipinski definition) is 9. The number of nitrogens with zero attached hydrogens (tertiary/aromatic N) is 6. The molecule has 4 atom stereocenters. The second-order valence-electron chi connectivity index (χ2n) is 13.4. The molecule has 0 amide bonds. The molecule has 2 N–H and O–H groups in total. The van der Waals surface area contributed by atoms with E-state index in [1.807, 2.05) is 11.0 Å². The molecule has 5 aliphatic rings. The molecule has 10 nitrogen and oxygen atoms in total. The molecule has 6 bridgehead atoms. The first-order valence-corrected chi connectivity index (χ1v) is 16.8. The average Bonchev–Trinajstić information content (AvgIpc) is 3.68. The second-order valence-corrected chi connectivity index (χ2v) is 13.8. The minimum absolute atomic E-state index is 0.0326. The van der Waals surface area contributed by atoms with Gasteiger partial charge in [-0.3, -0.25) is 15.0 Å². The number of aromatic amines is 1. The summed E-state index contributed by atoms with van der Waals surface area (Å²) in [5.41, 5.74) is 1.89. The van der Waals surface area contributed by atoms with Crippen LogP contribution in [0.15, 0.2) is 18.5 Å². The minimum Gasteiger partial charge on any atom is -0.461 e. The molecule has 13 heteroatoms. The van der Waals surface area contributed by atoms with Gasteiger partial charge in [-0.2, -0.15) is 15.1 Å². The van der Waals surface area contributed by atoms with Crippen molar-refractivity contribution in [1.82, 2.24) is 30.0 Å². The first-order valence-electron chi connectivity index (χ1n) is 16.4. The summed E-state index contributed by atoms with van der Waals surface area (Å²) in [6.45, 7) is 3.28. The molecule has 0 aliphatic carbocycles. The number of nitrogens with one attached hydrogen (secondary N) is 1. The van der Waals surface area contributed by atoms with Crippen molar-refractivity contribution in [2.45, 2.75) is 69.2 Å². The van der Waals surface area contributed by atoms with E-state index in [2.05, 4.69) is 20.1 Å². The number of ether oxygens (including phenoxy) is 2. The summed E-state index contributed by atoms with van der Waals surface area (Å²) in [5.74, 6) is -0.280. The number of pyridine rings is 1. The van der Waals surface area contributed by atoms with Crippen LogP contribution in [0.2, 0.25) is 5.02 Å². The highest BCUT2D eigenvalue weighted by atomic mass is 35.5. The number of aliphatic hydroxyl groups excluding tert-OH is 1. The fraction of sp³-hybridized carbons (Fsp3) is 0.576. The van der Waals surface area contributed by atoms with Crippen LogP contribution in [-0.2, 0) is 11.2 Å². The molecule has 0 radical (unpaired) electrons. The van der Waals surface area contributed by atoms with Gasteiger partial charge in [0.05, 0.1) is 42.0 Å². The van der Waals surface area contributed by atoms with Crippen molar-refractivity contribution in [2.24, 2.45) is 5.92 Å². The van der Waals surface area contributed by atoms with Crippen LogP contribution in [-0.4, -0.2) is 99.0 Å². The molecule has 9 rings (SSSR count). The standard InChI is InChI=1S/C33H38ClF2N7O3/c34-24-11-25-22(14-38-41-25)27-21(24)5-2-1-3-6-26(44)19-15-42(9-10-45-17-19)31-23-13-37-30(27)28(36)29(23)39-32(40-31)46-18-33-7-4-8-43(33)16-20(35)12-33/h11,13-14,19-20,26,44H,1-10,12,15-18H2,(H,38,41)/t19?,20-,26?,33+/m1/s1. The van der Waals surface area contributed by atoms with Gasteiger partial charge in [0, 0.05) is 54.1 Å². The van der Waals surface area contributed by atoms with Crippen molar-refractivity contribution in [3.8, 4) is 17.3 Å². The predicted octanol–water partition coefficient (Wildman–Crippen LogP) is 5.25. The number of benzene rings is 1. The normalized spacial score (nSPS) is 27.4. The van der Waals surface area contributed by atoms with Gasteiger partial charge in [-0.15, -0.1) is 0 Å². The number of aliphatic hydroxyl groups is 1. The van der Waals surface area contributed by atoms with Crippen LogP contribution < -0.4 is 9.64 Å². The van der Waals surface area contributed by atoms with E-state index in [1.54, 1.807) is 12.4 Å². The van der Waals surface area contributed by atoms with E-state index in [4.69, 9.17) is 31.0 Å². The smallest absolute Gasteiger partial charge is 0.319 e. The van der Waals surface area contributed by atoms with Gasteiger partial charge in [-0.05, 0) is 50.3 Å². The molecule has 2 unspecified atom stereocenters. The van der Waals surface area contributed by atoms with E-state index in [-0.39, 0.29) is 29.7 Å². The van der Waals surface area contributed by atoms with E-state index in [0.717, 1.165) is 49.6 Å². The van der Waals surface area contributed by atoms with Crippen molar-refractivity contribution in [3.05, 3.63) is 34.9 Å². The van der Waals surface area contributed by atoms with Crippen molar-refractivity contribution >= 4 is 39.2 Å². The van der Waals surface area contributed by atoms with E-state index in [1.165, 1.54) is 0 Å². The van der Waals surface area contributed by atoms with Gasteiger partial charge in [0.1, 0.15) is 29.8 Å². The lowest BCUT2D eigenvalue weighted by molar-refractivity contribution is 0.0401. The highest BCUT2D eigenvalue weighted by Gasteiger charge is 2.49. The molecule has 1 aromatic carbocycles. The SMILES string of the molecule is OC1CCCCCc2c(Cl)cc3[nH]ncc3c2-c2ncc3c(nc(OC[C@@]45CCCN4C[C@H](F)C5)nc3c2F)N2CCOCC1C2. The number of rotatable bonds is 3. The molecule has 244 valence electrons. The zero-order chi connectivity index (χ0) is 31.4. The third-order valence-corrected chi connectivity index (χ3v) is 10.8. The second kappa shape index (κ2) is 12.1. The molecule has 0 saturated carbocycles. The van der Waals surface area contributed by atoms with Gasteiger partial charge in [0.25, 0.3) is 0 Å². The maximum Gasteiger partial charge on any atom is 0.319 e. The van der Waals surface area contributed by atoms with E-state index in [9.17, 15) is 9.50 Å². The number of H-pyrrole nitrogens is 1. The Kier molecular flexibility index (Phi) is 7.94. The summed E-state index contributed by atoms with van der Waals surface area (Å²) in [6, 6.07) is 1.86. The van der Waals surface area contributed by atoms with Crippen molar-refractivity contribution in [3.63, 3.8) is 0 Å². The van der Waals surface area contributed by atoms with Gasteiger partial charge in [-0.1, -0.05) is 24.4 Å². The first kappa shape index (κ1) is 30.2. The molecule has 46 heavy (non-hydrogen) atoms. The minimum atomic E-state index is -0.901. The Morgan fingerprint density at radius 3 is 2.96 bits per heavy atom. The molecule has 4 aromatic rings. The zero-order valence-electron chi connectivity index (χ0n) is 25.7. The summed E-state index contributed by atoms with van der Waals surface area (Å²) in [7, 11) is 0. The van der Waals surface area contributed by atoms with Crippen LogP contribution in [0.1, 0.15) is 50.5 Å². The number of fused-ring (bicyclic) bond motifs is 8. The summed E-state index contributed by atoms with van der Waals surface area (Å²) >= 11 is 6.84. The number of hydrogen-bond donors (Lipinski definition) is 2. The average molecular weight is 654 g/mol. The van der Waals surface area contributed by atoms with Gasteiger partial charge in [0.15, 0.2) is 5.82 Å². The van der Waals surface area contributed by atoms with Crippen LogP contribution in [0.5, 0.6) is 6.01 Å². The van der Waals surface area contributed by atoms with Gasteiger partial charge >= 0.3 is 6.01 Å². The summed E-state index contributed by atoms with van der Waals surface area (Å²) in [5, 5.41) is 20.1. The lowest BCUT2D eigenvalue weighted by Crippen LogP contribution is -2.43. The van der Waals surface area contributed by atoms with Crippen molar-refractivity contribution in [1.29, 1.82) is 0 Å². The van der Waals surface area contributed by atoms with E-state index < -0.39 is 23.6 Å². The van der Waals surface area contributed by atoms with Crippen LogP contribution in [0.4, 0.5) is 14.6 Å². The van der Waals surface area contributed by atoms with Crippen LogP contribution in [0.3, 0.4) is 0 Å². The lowest BCUT2D eigenvalue weighted by atomic mass is 9.93. The third kappa shape index (κ3) is 5.27. The summed E-state index contributed by atoms with van der Waals surface area (Å²) in [6.07, 6.45) is 7.83.